The highest BCUT2D eigenvalue weighted by atomic mass is 35.5. The van der Waals surface area contributed by atoms with Gasteiger partial charge in [-0.25, -0.2) is 0 Å². The number of amides is 2. The molecule has 1 aliphatic heterocycles. The maximum atomic E-state index is 13.5. The van der Waals surface area contributed by atoms with Gasteiger partial charge in [-0.15, -0.1) is 11.8 Å². The normalized spacial score (nSPS) is 16.3. The van der Waals surface area contributed by atoms with Gasteiger partial charge in [-0.1, -0.05) is 72.6 Å². The van der Waals surface area contributed by atoms with Crippen molar-refractivity contribution >= 4 is 40.9 Å². The molecule has 1 N–H and O–H groups in total. The van der Waals surface area contributed by atoms with E-state index >= 15 is 0 Å². The third-order valence-electron chi connectivity index (χ3n) is 5.85. The number of halogens is 1. The van der Waals surface area contributed by atoms with Crippen LogP contribution in [-0.4, -0.2) is 23.6 Å². The lowest BCUT2D eigenvalue weighted by molar-refractivity contribution is -0.128. The number of fused-ring (bicyclic) bond motifs is 1. The number of nitrogens with zero attached hydrogens (tertiary/aromatic N) is 1. The molecule has 4 rings (SSSR count). The Bertz CT molecular complexity index is 1150. The molecule has 1 aliphatic rings. The second-order valence-electron chi connectivity index (χ2n) is 8.38. The largest absolute Gasteiger partial charge is 0.355 e. The van der Waals surface area contributed by atoms with Crippen LogP contribution in [0.1, 0.15) is 23.6 Å². The summed E-state index contributed by atoms with van der Waals surface area (Å²) in [6.45, 7) is 4.85. The SMILES string of the molecule is Cc1ccc(CCNC(=O)[C@@H](C)[C@@H]2Sc3ccccc3N(Cc3cccc(Cl)c3)C2=O)cc1. The second kappa shape index (κ2) is 10.4. The van der Waals surface area contributed by atoms with E-state index < -0.39 is 11.2 Å². The number of hydrogen-bond acceptors (Lipinski definition) is 3. The van der Waals surface area contributed by atoms with E-state index in [4.69, 9.17) is 11.6 Å². The number of nitrogens with one attached hydrogen (secondary N) is 1. The zero-order valence-corrected chi connectivity index (χ0v) is 20.3. The smallest absolute Gasteiger partial charge is 0.241 e. The number of carbonyl (C=O) groups is 2. The molecule has 4 nitrogen and oxygen atoms in total. The summed E-state index contributed by atoms with van der Waals surface area (Å²) in [5, 5.41) is 3.17. The number of para-hydroxylation sites is 1. The fraction of sp³-hybridized carbons (Fsp3) is 0.259. The van der Waals surface area contributed by atoms with Crippen LogP contribution in [-0.2, 0) is 22.6 Å². The van der Waals surface area contributed by atoms with Crippen molar-refractivity contribution < 1.29 is 9.59 Å². The lowest BCUT2D eigenvalue weighted by Crippen LogP contribution is -2.47. The van der Waals surface area contributed by atoms with Crippen molar-refractivity contribution in [2.75, 3.05) is 11.4 Å². The molecule has 2 amide bonds. The summed E-state index contributed by atoms with van der Waals surface area (Å²) < 4.78 is 0. The van der Waals surface area contributed by atoms with Gasteiger partial charge in [0.2, 0.25) is 11.8 Å². The summed E-state index contributed by atoms with van der Waals surface area (Å²) in [6.07, 6.45) is 0.758. The second-order valence-corrected chi connectivity index (χ2v) is 10.00. The summed E-state index contributed by atoms with van der Waals surface area (Å²) >= 11 is 7.63. The minimum absolute atomic E-state index is 0.0557. The standard InChI is InChI=1S/C27H27ClN2O2S/c1-18-10-12-20(13-11-18)14-15-29-26(31)19(2)25-27(32)30(17-21-6-5-7-22(28)16-21)23-8-3-4-9-24(23)33-25/h3-13,16,19,25H,14-15,17H2,1-2H3,(H,29,31)/t19-,25-/m0/s1. The molecule has 0 bridgehead atoms. The number of carbonyl (C=O) groups excluding carboxylic acids is 2. The van der Waals surface area contributed by atoms with Crippen molar-refractivity contribution in [2.45, 2.75) is 37.0 Å². The first kappa shape index (κ1) is 23.4. The minimum atomic E-state index is -0.488. The molecule has 1 heterocycles. The maximum absolute atomic E-state index is 13.5. The van der Waals surface area contributed by atoms with Gasteiger partial charge in [0.15, 0.2) is 0 Å². The topological polar surface area (TPSA) is 49.4 Å². The maximum Gasteiger partial charge on any atom is 0.241 e. The van der Waals surface area contributed by atoms with Crippen LogP contribution in [0.2, 0.25) is 5.02 Å². The quantitative estimate of drug-likeness (QED) is 0.477. The van der Waals surface area contributed by atoms with E-state index in [1.165, 1.54) is 22.9 Å². The van der Waals surface area contributed by atoms with Gasteiger partial charge in [0, 0.05) is 16.5 Å². The molecule has 0 saturated heterocycles. The van der Waals surface area contributed by atoms with Gasteiger partial charge in [0.05, 0.1) is 18.2 Å². The van der Waals surface area contributed by atoms with Gasteiger partial charge in [-0.2, -0.15) is 0 Å². The van der Waals surface area contributed by atoms with Crippen molar-refractivity contribution in [3.05, 3.63) is 94.5 Å². The molecular weight excluding hydrogens is 452 g/mol. The highest BCUT2D eigenvalue weighted by molar-refractivity contribution is 8.01. The molecule has 6 heteroatoms. The molecular formula is C27H27ClN2O2S. The molecule has 0 unspecified atom stereocenters. The van der Waals surface area contributed by atoms with Crippen LogP contribution in [0.4, 0.5) is 5.69 Å². The summed E-state index contributed by atoms with van der Waals surface area (Å²) in [6, 6.07) is 23.7. The number of aryl methyl sites for hydroxylation is 1. The highest BCUT2D eigenvalue weighted by Gasteiger charge is 2.39. The first-order valence-corrected chi connectivity index (χ1v) is 12.3. The third-order valence-corrected chi connectivity index (χ3v) is 7.55. The molecule has 0 radical (unpaired) electrons. The molecule has 170 valence electrons. The molecule has 0 spiro atoms. The monoisotopic (exact) mass is 478 g/mol. The lowest BCUT2D eigenvalue weighted by atomic mass is 10.0. The number of benzene rings is 3. The van der Waals surface area contributed by atoms with Gasteiger partial charge in [-0.05, 0) is 48.7 Å². The minimum Gasteiger partial charge on any atom is -0.355 e. The molecule has 3 aromatic carbocycles. The van der Waals surface area contributed by atoms with E-state index in [1.54, 1.807) is 4.90 Å². The Kier molecular flexibility index (Phi) is 7.41. The van der Waals surface area contributed by atoms with Gasteiger partial charge in [0.25, 0.3) is 0 Å². The molecule has 33 heavy (non-hydrogen) atoms. The van der Waals surface area contributed by atoms with Crippen molar-refractivity contribution in [1.29, 1.82) is 0 Å². The van der Waals surface area contributed by atoms with E-state index in [1.807, 2.05) is 55.5 Å². The average molecular weight is 479 g/mol. The van der Waals surface area contributed by atoms with Crippen molar-refractivity contribution in [3.63, 3.8) is 0 Å². The predicted octanol–water partition coefficient (Wildman–Crippen LogP) is 5.65. The Hall–Kier alpha value is -2.76. The van der Waals surface area contributed by atoms with E-state index in [0.29, 0.717) is 18.1 Å². The summed E-state index contributed by atoms with van der Waals surface area (Å²) in [7, 11) is 0. The number of anilines is 1. The van der Waals surface area contributed by atoms with Crippen molar-refractivity contribution in [2.24, 2.45) is 5.92 Å². The fourth-order valence-corrected chi connectivity index (χ4v) is 5.42. The fourth-order valence-electron chi connectivity index (χ4n) is 3.92. The van der Waals surface area contributed by atoms with E-state index in [-0.39, 0.29) is 11.8 Å². The summed E-state index contributed by atoms with van der Waals surface area (Å²) in [4.78, 5) is 29.3. The Labute approximate surface area is 204 Å². The summed E-state index contributed by atoms with van der Waals surface area (Å²) in [5.41, 5.74) is 4.22. The molecule has 0 fully saturated rings. The van der Waals surface area contributed by atoms with Crippen molar-refractivity contribution in [3.8, 4) is 0 Å². The zero-order chi connectivity index (χ0) is 23.4. The van der Waals surface area contributed by atoms with Gasteiger partial charge in [0.1, 0.15) is 5.25 Å². The zero-order valence-electron chi connectivity index (χ0n) is 18.8. The van der Waals surface area contributed by atoms with Crippen LogP contribution in [0.3, 0.4) is 0 Å². The predicted molar refractivity (Wildman–Crippen MR) is 136 cm³/mol. The Balaban J connectivity index is 1.46. The number of hydrogen-bond donors (Lipinski definition) is 1. The summed E-state index contributed by atoms with van der Waals surface area (Å²) in [5.74, 6) is -0.620. The van der Waals surface area contributed by atoms with E-state index in [0.717, 1.165) is 22.6 Å². The van der Waals surface area contributed by atoms with Crippen LogP contribution in [0.15, 0.2) is 77.7 Å². The van der Waals surface area contributed by atoms with Crippen LogP contribution in [0.25, 0.3) is 0 Å². The Morgan fingerprint density at radius 1 is 1.06 bits per heavy atom. The first-order chi connectivity index (χ1) is 15.9. The van der Waals surface area contributed by atoms with E-state index in [2.05, 4.69) is 36.5 Å². The number of thioether (sulfide) groups is 1. The number of rotatable bonds is 7. The molecule has 0 aromatic heterocycles. The van der Waals surface area contributed by atoms with Crippen LogP contribution in [0, 0.1) is 12.8 Å². The van der Waals surface area contributed by atoms with Crippen molar-refractivity contribution in [1.82, 2.24) is 5.32 Å². The molecule has 0 aliphatic carbocycles. The molecule has 3 aromatic rings. The van der Waals surface area contributed by atoms with Gasteiger partial charge < -0.3 is 10.2 Å². The van der Waals surface area contributed by atoms with Crippen LogP contribution < -0.4 is 10.2 Å². The lowest BCUT2D eigenvalue weighted by Gasteiger charge is -2.35. The van der Waals surface area contributed by atoms with E-state index in [9.17, 15) is 9.59 Å². The van der Waals surface area contributed by atoms with Gasteiger partial charge in [-0.3, -0.25) is 9.59 Å². The average Bonchev–Trinajstić information content (AvgIpc) is 2.81. The Morgan fingerprint density at radius 2 is 1.82 bits per heavy atom. The third kappa shape index (κ3) is 5.60. The first-order valence-electron chi connectivity index (χ1n) is 11.1. The highest BCUT2D eigenvalue weighted by Crippen LogP contribution is 2.42. The van der Waals surface area contributed by atoms with Crippen LogP contribution >= 0.6 is 23.4 Å². The van der Waals surface area contributed by atoms with Crippen LogP contribution in [0.5, 0.6) is 0 Å². The Morgan fingerprint density at radius 3 is 2.58 bits per heavy atom. The molecule has 0 saturated carbocycles. The molecule has 2 atom stereocenters. The van der Waals surface area contributed by atoms with Gasteiger partial charge >= 0.3 is 0 Å².